The molecule has 3 N–H and O–H groups in total. The highest BCUT2D eigenvalue weighted by Crippen LogP contribution is 2.18. The molecule has 2 rings (SSSR count). The summed E-state index contributed by atoms with van der Waals surface area (Å²) in [5.41, 5.74) is 7.91. The number of ether oxygens (including phenoxy) is 1. The van der Waals surface area contributed by atoms with Gasteiger partial charge in [-0.15, -0.1) is 6.58 Å². The van der Waals surface area contributed by atoms with Gasteiger partial charge in [0.25, 0.3) is 0 Å². The van der Waals surface area contributed by atoms with Gasteiger partial charge in [-0.1, -0.05) is 30.3 Å². The van der Waals surface area contributed by atoms with Crippen molar-refractivity contribution in [2.24, 2.45) is 5.73 Å². The fourth-order valence-electron chi connectivity index (χ4n) is 2.24. The van der Waals surface area contributed by atoms with Gasteiger partial charge in [-0.25, -0.2) is 4.39 Å². The van der Waals surface area contributed by atoms with Crippen LogP contribution in [0.2, 0.25) is 0 Å². The van der Waals surface area contributed by atoms with Crippen molar-refractivity contribution in [2.75, 3.05) is 6.54 Å². The van der Waals surface area contributed by atoms with Crippen molar-refractivity contribution in [3.63, 3.8) is 0 Å². The van der Waals surface area contributed by atoms with Crippen LogP contribution in [0.15, 0.2) is 55.1 Å². The van der Waals surface area contributed by atoms with Gasteiger partial charge in [-0.3, -0.25) is 4.79 Å². The number of amides is 1. The molecule has 0 heterocycles. The van der Waals surface area contributed by atoms with Gasteiger partial charge in [0.05, 0.1) is 6.54 Å². The fourth-order valence-corrected chi connectivity index (χ4v) is 2.24. The highest BCUT2D eigenvalue weighted by Gasteiger charge is 2.02. The summed E-state index contributed by atoms with van der Waals surface area (Å²) in [5, 5.41) is 2.95. The van der Waals surface area contributed by atoms with E-state index in [1.54, 1.807) is 6.08 Å². The van der Waals surface area contributed by atoms with Crippen LogP contribution in [-0.2, 0) is 24.4 Å². The molecular weight excluding hydrogens is 307 g/mol. The number of primary amides is 1. The smallest absolute Gasteiger partial charge is 0.231 e. The summed E-state index contributed by atoms with van der Waals surface area (Å²) in [4.78, 5) is 10.7. The summed E-state index contributed by atoms with van der Waals surface area (Å²) >= 11 is 0. The second kappa shape index (κ2) is 8.84. The fraction of sp³-hybridized carbons (Fsp3) is 0.211. The van der Waals surface area contributed by atoms with Crippen LogP contribution in [0.3, 0.4) is 0 Å². The van der Waals surface area contributed by atoms with Gasteiger partial charge in [-0.2, -0.15) is 0 Å². The first-order valence-electron chi connectivity index (χ1n) is 7.67. The molecule has 0 saturated heterocycles. The maximum absolute atomic E-state index is 13.6. The monoisotopic (exact) mass is 328 g/mol. The average Bonchev–Trinajstić information content (AvgIpc) is 2.54. The van der Waals surface area contributed by atoms with E-state index < -0.39 is 0 Å². The lowest BCUT2D eigenvalue weighted by molar-refractivity contribution is -0.117. The zero-order valence-electron chi connectivity index (χ0n) is 13.4. The molecule has 0 aliphatic carbocycles. The van der Waals surface area contributed by atoms with E-state index in [-0.39, 0.29) is 18.3 Å². The van der Waals surface area contributed by atoms with Gasteiger partial charge in [0.1, 0.15) is 18.2 Å². The minimum absolute atomic E-state index is 0.150. The van der Waals surface area contributed by atoms with E-state index in [1.165, 1.54) is 12.1 Å². The molecular formula is C19H21FN2O2. The van der Waals surface area contributed by atoms with Gasteiger partial charge in [-0.05, 0) is 35.2 Å². The van der Waals surface area contributed by atoms with Gasteiger partial charge >= 0.3 is 0 Å². The highest BCUT2D eigenvalue weighted by atomic mass is 19.1. The summed E-state index contributed by atoms with van der Waals surface area (Å²) in [6.07, 6.45) is 2.32. The van der Waals surface area contributed by atoms with E-state index in [1.807, 2.05) is 30.3 Å². The molecule has 2 aromatic carbocycles. The number of hydrogen-bond acceptors (Lipinski definition) is 3. The number of nitrogens with two attached hydrogens (primary N) is 1. The lowest BCUT2D eigenvalue weighted by Gasteiger charge is -2.09. The van der Waals surface area contributed by atoms with Gasteiger partial charge in [0.15, 0.2) is 0 Å². The molecule has 0 aliphatic heterocycles. The SMILES string of the molecule is C=CCc1cc(F)cc(OCc2ccc(CNCC(N)=O)cc2)c1. The minimum Gasteiger partial charge on any atom is -0.489 e. The lowest BCUT2D eigenvalue weighted by atomic mass is 10.1. The zero-order chi connectivity index (χ0) is 17.4. The summed E-state index contributed by atoms with van der Waals surface area (Å²) in [6.45, 7) is 4.73. The third kappa shape index (κ3) is 5.85. The first-order chi connectivity index (χ1) is 11.6. The van der Waals surface area contributed by atoms with E-state index in [4.69, 9.17) is 10.5 Å². The Bertz CT molecular complexity index is 699. The molecule has 0 unspecified atom stereocenters. The van der Waals surface area contributed by atoms with E-state index in [9.17, 15) is 9.18 Å². The molecule has 1 amide bonds. The molecule has 0 fully saturated rings. The van der Waals surface area contributed by atoms with Crippen LogP contribution in [0.4, 0.5) is 4.39 Å². The third-order valence-electron chi connectivity index (χ3n) is 3.37. The third-order valence-corrected chi connectivity index (χ3v) is 3.37. The van der Waals surface area contributed by atoms with E-state index in [2.05, 4.69) is 11.9 Å². The largest absolute Gasteiger partial charge is 0.489 e. The quantitative estimate of drug-likeness (QED) is 0.696. The molecule has 0 saturated carbocycles. The van der Waals surface area contributed by atoms with Crippen LogP contribution in [-0.4, -0.2) is 12.5 Å². The Balaban J connectivity index is 1.90. The zero-order valence-corrected chi connectivity index (χ0v) is 13.4. The maximum Gasteiger partial charge on any atom is 0.231 e. The first kappa shape index (κ1) is 17.7. The number of allylic oxidation sites excluding steroid dienone is 1. The Morgan fingerprint density at radius 2 is 1.88 bits per heavy atom. The molecule has 0 atom stereocenters. The molecule has 0 bridgehead atoms. The Kier molecular flexibility index (Phi) is 6.51. The molecule has 0 aromatic heterocycles. The van der Waals surface area contributed by atoms with Crippen LogP contribution in [0.1, 0.15) is 16.7 Å². The van der Waals surface area contributed by atoms with Crippen LogP contribution in [0.5, 0.6) is 5.75 Å². The standard InChI is InChI=1S/C19H21FN2O2/c1-2-3-16-8-17(20)10-18(9-16)24-13-15-6-4-14(5-7-15)11-22-12-19(21)23/h2,4-10,22H,1,3,11-13H2,(H2,21,23). The maximum atomic E-state index is 13.6. The van der Waals surface area contributed by atoms with Crippen LogP contribution in [0, 0.1) is 5.82 Å². The summed E-state index contributed by atoms with van der Waals surface area (Å²) < 4.78 is 19.2. The molecule has 126 valence electrons. The van der Waals surface area contributed by atoms with Crippen molar-refractivity contribution >= 4 is 5.91 Å². The number of carbonyl (C=O) groups excluding carboxylic acids is 1. The second-order valence-electron chi connectivity index (χ2n) is 5.46. The number of hydrogen-bond donors (Lipinski definition) is 2. The predicted octanol–water partition coefficient (Wildman–Crippen LogP) is 2.71. The lowest BCUT2D eigenvalue weighted by Crippen LogP contribution is -2.28. The Morgan fingerprint density at radius 3 is 2.54 bits per heavy atom. The molecule has 2 aromatic rings. The number of benzene rings is 2. The molecule has 4 nitrogen and oxygen atoms in total. The van der Waals surface area contributed by atoms with Crippen molar-refractivity contribution < 1.29 is 13.9 Å². The molecule has 0 radical (unpaired) electrons. The number of carbonyl (C=O) groups is 1. The van der Waals surface area contributed by atoms with Gasteiger partial charge in [0, 0.05) is 12.6 Å². The highest BCUT2D eigenvalue weighted by molar-refractivity contribution is 5.75. The summed E-state index contributed by atoms with van der Waals surface area (Å²) in [6, 6.07) is 12.4. The van der Waals surface area contributed by atoms with E-state index in [0.717, 1.165) is 16.7 Å². The Labute approximate surface area is 141 Å². The van der Waals surface area contributed by atoms with Crippen LogP contribution < -0.4 is 15.8 Å². The van der Waals surface area contributed by atoms with Gasteiger partial charge < -0.3 is 15.8 Å². The Hall–Kier alpha value is -2.66. The van der Waals surface area contributed by atoms with Crippen LogP contribution >= 0.6 is 0 Å². The topological polar surface area (TPSA) is 64.3 Å². The van der Waals surface area contributed by atoms with Gasteiger partial charge in [0.2, 0.25) is 5.91 Å². The van der Waals surface area contributed by atoms with Crippen LogP contribution in [0.25, 0.3) is 0 Å². The minimum atomic E-state index is -0.383. The van der Waals surface area contributed by atoms with Crippen molar-refractivity contribution in [3.05, 3.63) is 77.6 Å². The predicted molar refractivity (Wildman–Crippen MR) is 92.0 cm³/mol. The van der Waals surface area contributed by atoms with E-state index >= 15 is 0 Å². The van der Waals surface area contributed by atoms with Crippen molar-refractivity contribution in [2.45, 2.75) is 19.6 Å². The first-order valence-corrected chi connectivity index (χ1v) is 7.67. The average molecular weight is 328 g/mol. The molecule has 24 heavy (non-hydrogen) atoms. The number of rotatable bonds is 9. The Morgan fingerprint density at radius 1 is 1.17 bits per heavy atom. The molecule has 5 heteroatoms. The molecule has 0 spiro atoms. The van der Waals surface area contributed by atoms with Crippen molar-refractivity contribution in [1.82, 2.24) is 5.32 Å². The normalized spacial score (nSPS) is 10.4. The number of halogens is 1. The van der Waals surface area contributed by atoms with Crippen molar-refractivity contribution in [1.29, 1.82) is 0 Å². The summed E-state index contributed by atoms with van der Waals surface area (Å²) in [7, 11) is 0. The second-order valence-corrected chi connectivity index (χ2v) is 5.46. The molecule has 0 aliphatic rings. The van der Waals surface area contributed by atoms with Crippen molar-refractivity contribution in [3.8, 4) is 5.75 Å². The van der Waals surface area contributed by atoms with E-state index in [0.29, 0.717) is 25.3 Å². The number of nitrogens with one attached hydrogen (secondary N) is 1. The summed E-state index contributed by atoms with van der Waals surface area (Å²) in [5.74, 6) is -0.204.